The Labute approximate surface area is 104 Å². The van der Waals surface area contributed by atoms with Crippen molar-refractivity contribution in [1.82, 2.24) is 9.78 Å². The second kappa shape index (κ2) is 5.67. The molecule has 1 fully saturated rings. The van der Waals surface area contributed by atoms with Crippen molar-refractivity contribution in [3.63, 3.8) is 0 Å². The van der Waals surface area contributed by atoms with Crippen LogP contribution in [-0.4, -0.2) is 14.9 Å². The van der Waals surface area contributed by atoms with Crippen LogP contribution in [0, 0.1) is 11.8 Å². The van der Waals surface area contributed by atoms with Crippen LogP contribution in [0.25, 0.3) is 0 Å². The van der Waals surface area contributed by atoms with E-state index >= 15 is 0 Å². The van der Waals surface area contributed by atoms with E-state index in [4.69, 9.17) is 0 Å². The standard InChI is InChI=1S/C14H24N2O/c1-3-11-7-5-6-8-13(11)14(17)12-9-15-16(4-2)10-12/h9-11,13-14,17H,3-8H2,1-2H3. The SMILES string of the molecule is CCC1CCCCC1C(O)c1cnn(CC)c1. The third kappa shape index (κ3) is 2.71. The van der Waals surface area contributed by atoms with Crippen molar-refractivity contribution in [3.8, 4) is 0 Å². The lowest BCUT2D eigenvalue weighted by Gasteiger charge is -2.34. The molecule has 0 bridgehead atoms. The highest BCUT2D eigenvalue weighted by Crippen LogP contribution is 2.40. The minimum Gasteiger partial charge on any atom is -0.388 e. The quantitative estimate of drug-likeness (QED) is 0.872. The number of hydrogen-bond acceptors (Lipinski definition) is 2. The van der Waals surface area contributed by atoms with Crippen molar-refractivity contribution >= 4 is 0 Å². The molecule has 3 atom stereocenters. The van der Waals surface area contributed by atoms with Gasteiger partial charge in [-0.3, -0.25) is 4.68 Å². The molecule has 2 rings (SSSR count). The Kier molecular flexibility index (Phi) is 4.21. The van der Waals surface area contributed by atoms with Gasteiger partial charge in [0.15, 0.2) is 0 Å². The summed E-state index contributed by atoms with van der Waals surface area (Å²) in [5.41, 5.74) is 0.997. The van der Waals surface area contributed by atoms with Crippen molar-refractivity contribution < 1.29 is 5.11 Å². The molecule has 3 nitrogen and oxygen atoms in total. The largest absolute Gasteiger partial charge is 0.388 e. The first-order chi connectivity index (χ1) is 8.26. The molecule has 17 heavy (non-hydrogen) atoms. The van der Waals surface area contributed by atoms with E-state index in [1.807, 2.05) is 17.1 Å². The zero-order valence-corrected chi connectivity index (χ0v) is 11.0. The summed E-state index contributed by atoms with van der Waals surface area (Å²) in [6.45, 7) is 5.18. The van der Waals surface area contributed by atoms with Crippen LogP contribution in [0.5, 0.6) is 0 Å². The van der Waals surface area contributed by atoms with Crippen LogP contribution < -0.4 is 0 Å². The first kappa shape index (κ1) is 12.6. The fourth-order valence-electron chi connectivity index (χ4n) is 3.11. The molecular formula is C14H24N2O. The van der Waals surface area contributed by atoms with Crippen LogP contribution in [0.1, 0.15) is 57.6 Å². The Morgan fingerprint density at radius 2 is 2.18 bits per heavy atom. The van der Waals surface area contributed by atoms with Crippen molar-refractivity contribution in [1.29, 1.82) is 0 Å². The van der Waals surface area contributed by atoms with Gasteiger partial charge in [0.25, 0.3) is 0 Å². The fourth-order valence-corrected chi connectivity index (χ4v) is 3.11. The highest BCUT2D eigenvalue weighted by Gasteiger charge is 2.31. The van der Waals surface area contributed by atoms with Gasteiger partial charge in [0.05, 0.1) is 12.3 Å². The average molecular weight is 236 g/mol. The summed E-state index contributed by atoms with van der Waals surface area (Å²) in [4.78, 5) is 0. The summed E-state index contributed by atoms with van der Waals surface area (Å²) in [6.07, 6.45) is 9.72. The van der Waals surface area contributed by atoms with Crippen molar-refractivity contribution in [2.45, 2.75) is 58.6 Å². The Balaban J connectivity index is 2.09. The first-order valence-corrected chi connectivity index (χ1v) is 6.96. The highest BCUT2D eigenvalue weighted by molar-refractivity contribution is 5.10. The third-order valence-electron chi connectivity index (χ3n) is 4.22. The summed E-state index contributed by atoms with van der Waals surface area (Å²) in [6, 6.07) is 0. The van der Waals surface area contributed by atoms with E-state index < -0.39 is 0 Å². The number of aromatic nitrogens is 2. The predicted octanol–water partition coefficient (Wildman–Crippen LogP) is 3.15. The lowest BCUT2D eigenvalue weighted by molar-refractivity contribution is 0.0451. The van der Waals surface area contributed by atoms with Crippen molar-refractivity contribution in [2.75, 3.05) is 0 Å². The Bertz CT molecular complexity index is 348. The maximum Gasteiger partial charge on any atom is 0.0851 e. The summed E-state index contributed by atoms with van der Waals surface area (Å²) in [5, 5.41) is 14.8. The molecule has 0 saturated heterocycles. The van der Waals surface area contributed by atoms with Crippen LogP contribution in [0.15, 0.2) is 12.4 Å². The molecule has 0 amide bonds. The van der Waals surface area contributed by atoms with E-state index in [2.05, 4.69) is 18.9 Å². The molecule has 1 heterocycles. The molecule has 0 radical (unpaired) electrons. The number of rotatable bonds is 4. The summed E-state index contributed by atoms with van der Waals surface area (Å²) in [5.74, 6) is 1.12. The zero-order chi connectivity index (χ0) is 12.3. The lowest BCUT2D eigenvalue weighted by Crippen LogP contribution is -2.25. The smallest absolute Gasteiger partial charge is 0.0851 e. The average Bonchev–Trinajstić information content (AvgIpc) is 2.86. The lowest BCUT2D eigenvalue weighted by atomic mass is 9.74. The first-order valence-electron chi connectivity index (χ1n) is 6.96. The van der Waals surface area contributed by atoms with E-state index in [0.29, 0.717) is 11.8 Å². The number of aliphatic hydroxyl groups is 1. The highest BCUT2D eigenvalue weighted by atomic mass is 16.3. The Morgan fingerprint density at radius 3 is 2.82 bits per heavy atom. The number of nitrogens with zero attached hydrogens (tertiary/aromatic N) is 2. The van der Waals surface area contributed by atoms with Gasteiger partial charge in [0.1, 0.15) is 0 Å². The molecule has 3 heteroatoms. The summed E-state index contributed by atoms with van der Waals surface area (Å²) in [7, 11) is 0. The van der Waals surface area contributed by atoms with E-state index in [1.165, 1.54) is 25.7 Å². The maximum absolute atomic E-state index is 10.5. The molecule has 1 aromatic heterocycles. The predicted molar refractivity (Wildman–Crippen MR) is 68.6 cm³/mol. The van der Waals surface area contributed by atoms with Crippen LogP contribution in [-0.2, 0) is 6.54 Å². The molecule has 1 saturated carbocycles. The number of aryl methyl sites for hydroxylation is 1. The van der Waals surface area contributed by atoms with Crippen LogP contribution in [0.2, 0.25) is 0 Å². The number of aliphatic hydroxyl groups excluding tert-OH is 1. The fraction of sp³-hybridized carbons (Fsp3) is 0.786. The van der Waals surface area contributed by atoms with Gasteiger partial charge in [-0.1, -0.05) is 32.6 Å². The van der Waals surface area contributed by atoms with Gasteiger partial charge in [-0.05, 0) is 25.2 Å². The van der Waals surface area contributed by atoms with E-state index in [0.717, 1.165) is 18.5 Å². The zero-order valence-electron chi connectivity index (χ0n) is 11.0. The topological polar surface area (TPSA) is 38.1 Å². The van der Waals surface area contributed by atoms with Crippen LogP contribution in [0.4, 0.5) is 0 Å². The summed E-state index contributed by atoms with van der Waals surface area (Å²) >= 11 is 0. The molecule has 1 N–H and O–H groups in total. The van der Waals surface area contributed by atoms with Crippen molar-refractivity contribution in [3.05, 3.63) is 18.0 Å². The summed E-state index contributed by atoms with van der Waals surface area (Å²) < 4.78 is 1.89. The molecule has 1 aromatic rings. The third-order valence-corrected chi connectivity index (χ3v) is 4.22. The van der Waals surface area contributed by atoms with Crippen LogP contribution >= 0.6 is 0 Å². The maximum atomic E-state index is 10.5. The second-order valence-electron chi connectivity index (χ2n) is 5.19. The van der Waals surface area contributed by atoms with Gasteiger partial charge in [-0.25, -0.2) is 0 Å². The molecular weight excluding hydrogens is 212 g/mol. The van der Waals surface area contributed by atoms with Gasteiger partial charge in [0.2, 0.25) is 0 Å². The molecule has 0 spiro atoms. The molecule has 0 aliphatic heterocycles. The monoisotopic (exact) mass is 236 g/mol. The van der Waals surface area contributed by atoms with E-state index in [-0.39, 0.29) is 6.10 Å². The van der Waals surface area contributed by atoms with Gasteiger partial charge in [-0.2, -0.15) is 5.10 Å². The molecule has 1 aliphatic carbocycles. The minimum atomic E-state index is -0.319. The molecule has 0 aromatic carbocycles. The molecule has 3 unspecified atom stereocenters. The van der Waals surface area contributed by atoms with Gasteiger partial charge < -0.3 is 5.11 Å². The second-order valence-corrected chi connectivity index (χ2v) is 5.19. The molecule has 96 valence electrons. The van der Waals surface area contributed by atoms with Crippen molar-refractivity contribution in [2.24, 2.45) is 11.8 Å². The van der Waals surface area contributed by atoms with Gasteiger partial charge in [-0.15, -0.1) is 0 Å². The van der Waals surface area contributed by atoms with E-state index in [9.17, 15) is 5.11 Å². The Morgan fingerprint density at radius 1 is 1.41 bits per heavy atom. The molecule has 1 aliphatic rings. The van der Waals surface area contributed by atoms with Crippen LogP contribution in [0.3, 0.4) is 0 Å². The Hall–Kier alpha value is -0.830. The van der Waals surface area contributed by atoms with Gasteiger partial charge in [0, 0.05) is 18.3 Å². The normalized spacial score (nSPS) is 27.0. The van der Waals surface area contributed by atoms with E-state index in [1.54, 1.807) is 0 Å². The van der Waals surface area contributed by atoms with Gasteiger partial charge >= 0.3 is 0 Å². The number of hydrogen-bond donors (Lipinski definition) is 1. The minimum absolute atomic E-state index is 0.319.